The molecule has 2 aromatic rings. The van der Waals surface area contributed by atoms with Crippen LogP contribution >= 0.6 is 0 Å². The summed E-state index contributed by atoms with van der Waals surface area (Å²) in [5.74, 6) is 1.63. The van der Waals surface area contributed by atoms with E-state index in [1.54, 1.807) is 14.2 Å². The number of hydrogen-bond acceptors (Lipinski definition) is 4. The van der Waals surface area contributed by atoms with Gasteiger partial charge >= 0.3 is 0 Å². The molecule has 136 valence electrons. The first-order valence-electron chi connectivity index (χ1n) is 8.54. The summed E-state index contributed by atoms with van der Waals surface area (Å²) in [5.41, 5.74) is 3.41. The first kappa shape index (κ1) is 19.3. The molecule has 0 aromatic heterocycles. The van der Waals surface area contributed by atoms with Crippen molar-refractivity contribution in [1.82, 2.24) is 5.32 Å². The van der Waals surface area contributed by atoms with E-state index in [-0.39, 0.29) is 5.60 Å². The molecule has 25 heavy (non-hydrogen) atoms. The van der Waals surface area contributed by atoms with Crippen molar-refractivity contribution in [3.05, 3.63) is 59.2 Å². The minimum atomic E-state index is -0.126. The lowest BCUT2D eigenvalue weighted by Crippen LogP contribution is -2.18. The third-order valence-corrected chi connectivity index (χ3v) is 3.80. The monoisotopic (exact) mass is 343 g/mol. The summed E-state index contributed by atoms with van der Waals surface area (Å²) >= 11 is 0. The molecular weight excluding hydrogens is 314 g/mol. The molecule has 2 aromatic carbocycles. The van der Waals surface area contributed by atoms with Crippen molar-refractivity contribution in [3.63, 3.8) is 0 Å². The second kappa shape index (κ2) is 8.88. The van der Waals surface area contributed by atoms with E-state index in [0.29, 0.717) is 6.61 Å². The Morgan fingerprint density at radius 3 is 2.32 bits per heavy atom. The molecule has 0 saturated carbocycles. The second-order valence-corrected chi connectivity index (χ2v) is 7.00. The normalized spacial score (nSPS) is 11.4. The summed E-state index contributed by atoms with van der Waals surface area (Å²) in [6, 6.07) is 14.4. The molecular formula is C21H29NO3. The van der Waals surface area contributed by atoms with Crippen LogP contribution in [-0.2, 0) is 24.4 Å². The predicted octanol–water partition coefficient (Wildman–Crippen LogP) is 4.31. The molecule has 0 heterocycles. The Hall–Kier alpha value is -2.04. The zero-order valence-corrected chi connectivity index (χ0v) is 15.9. The average Bonchev–Trinajstić information content (AvgIpc) is 2.60. The van der Waals surface area contributed by atoms with Gasteiger partial charge in [0, 0.05) is 24.7 Å². The standard InChI is InChI=1S/C21H29NO3/c1-21(2,3)25-15-17-8-6-7-16(11-17)13-22-14-18-9-10-19(23-4)12-20(18)24-5/h6-12,22H,13-15H2,1-5H3. The van der Waals surface area contributed by atoms with Crippen molar-refractivity contribution in [2.24, 2.45) is 0 Å². The second-order valence-electron chi connectivity index (χ2n) is 7.00. The number of methoxy groups -OCH3 is 2. The van der Waals surface area contributed by atoms with Crippen LogP contribution in [0.15, 0.2) is 42.5 Å². The highest BCUT2D eigenvalue weighted by Gasteiger charge is 2.10. The van der Waals surface area contributed by atoms with E-state index in [4.69, 9.17) is 14.2 Å². The maximum atomic E-state index is 5.85. The van der Waals surface area contributed by atoms with E-state index in [1.165, 1.54) is 11.1 Å². The summed E-state index contributed by atoms with van der Waals surface area (Å²) in [4.78, 5) is 0. The number of benzene rings is 2. The van der Waals surface area contributed by atoms with Gasteiger partial charge in [-0.15, -0.1) is 0 Å². The Bertz CT molecular complexity index is 677. The van der Waals surface area contributed by atoms with E-state index in [0.717, 1.165) is 30.2 Å². The summed E-state index contributed by atoms with van der Waals surface area (Å²) in [7, 11) is 3.33. The molecule has 0 aliphatic heterocycles. The van der Waals surface area contributed by atoms with Crippen molar-refractivity contribution in [1.29, 1.82) is 0 Å². The van der Waals surface area contributed by atoms with Crippen LogP contribution in [0.5, 0.6) is 11.5 Å². The number of rotatable bonds is 8. The summed E-state index contributed by atoms with van der Waals surface area (Å²) < 4.78 is 16.5. The molecule has 0 atom stereocenters. The van der Waals surface area contributed by atoms with Gasteiger partial charge in [-0.2, -0.15) is 0 Å². The van der Waals surface area contributed by atoms with Crippen molar-refractivity contribution in [2.75, 3.05) is 14.2 Å². The zero-order valence-electron chi connectivity index (χ0n) is 15.9. The fourth-order valence-corrected chi connectivity index (χ4v) is 2.47. The summed E-state index contributed by atoms with van der Waals surface area (Å²) in [6.45, 7) is 8.36. The van der Waals surface area contributed by atoms with Crippen molar-refractivity contribution < 1.29 is 14.2 Å². The van der Waals surface area contributed by atoms with Crippen LogP contribution in [0, 0.1) is 0 Å². The third-order valence-electron chi connectivity index (χ3n) is 3.80. The van der Waals surface area contributed by atoms with Crippen LogP contribution in [0.25, 0.3) is 0 Å². The quantitative estimate of drug-likeness (QED) is 0.775. The van der Waals surface area contributed by atoms with Gasteiger partial charge < -0.3 is 19.5 Å². The van der Waals surface area contributed by atoms with Crippen LogP contribution in [-0.4, -0.2) is 19.8 Å². The van der Waals surface area contributed by atoms with E-state index in [9.17, 15) is 0 Å². The van der Waals surface area contributed by atoms with E-state index in [2.05, 4.69) is 50.4 Å². The summed E-state index contributed by atoms with van der Waals surface area (Å²) in [5, 5.41) is 3.47. The molecule has 1 N–H and O–H groups in total. The van der Waals surface area contributed by atoms with Crippen LogP contribution in [0.1, 0.15) is 37.5 Å². The average molecular weight is 343 g/mol. The van der Waals surface area contributed by atoms with E-state index >= 15 is 0 Å². The van der Waals surface area contributed by atoms with Crippen molar-refractivity contribution in [3.8, 4) is 11.5 Å². The number of nitrogens with one attached hydrogen (secondary N) is 1. The van der Waals surface area contributed by atoms with Gasteiger partial charge in [-0.05, 0) is 38.0 Å². The highest BCUT2D eigenvalue weighted by Crippen LogP contribution is 2.24. The van der Waals surface area contributed by atoms with Gasteiger partial charge in [0.1, 0.15) is 11.5 Å². The molecule has 0 saturated heterocycles. The Labute approximate surface area is 151 Å². The molecule has 0 aliphatic carbocycles. The SMILES string of the molecule is COc1ccc(CNCc2cccc(COC(C)(C)C)c2)c(OC)c1. The fourth-order valence-electron chi connectivity index (χ4n) is 2.47. The molecule has 0 amide bonds. The first-order valence-corrected chi connectivity index (χ1v) is 8.54. The van der Waals surface area contributed by atoms with Crippen molar-refractivity contribution in [2.45, 2.75) is 46.1 Å². The summed E-state index contributed by atoms with van der Waals surface area (Å²) in [6.07, 6.45) is 0. The molecule has 0 aliphatic rings. The van der Waals surface area contributed by atoms with Crippen LogP contribution in [0.4, 0.5) is 0 Å². The third kappa shape index (κ3) is 6.40. The minimum absolute atomic E-state index is 0.126. The van der Waals surface area contributed by atoms with Crippen molar-refractivity contribution >= 4 is 0 Å². The van der Waals surface area contributed by atoms with Crippen LogP contribution in [0.3, 0.4) is 0 Å². The lowest BCUT2D eigenvalue weighted by atomic mass is 10.1. The fraction of sp³-hybridized carbons (Fsp3) is 0.429. The van der Waals surface area contributed by atoms with Crippen LogP contribution < -0.4 is 14.8 Å². The largest absolute Gasteiger partial charge is 0.497 e. The molecule has 0 fully saturated rings. The highest BCUT2D eigenvalue weighted by molar-refractivity contribution is 5.40. The van der Waals surface area contributed by atoms with Gasteiger partial charge in [0.05, 0.1) is 26.4 Å². The molecule has 0 bridgehead atoms. The highest BCUT2D eigenvalue weighted by atomic mass is 16.5. The van der Waals surface area contributed by atoms with E-state index < -0.39 is 0 Å². The van der Waals surface area contributed by atoms with E-state index in [1.807, 2.05) is 18.2 Å². The first-order chi connectivity index (χ1) is 11.9. The lowest BCUT2D eigenvalue weighted by molar-refractivity contribution is -0.0149. The number of ether oxygens (including phenoxy) is 3. The zero-order chi connectivity index (χ0) is 18.3. The van der Waals surface area contributed by atoms with Gasteiger partial charge in [-0.25, -0.2) is 0 Å². The van der Waals surface area contributed by atoms with Gasteiger partial charge in [0.25, 0.3) is 0 Å². The minimum Gasteiger partial charge on any atom is -0.497 e. The van der Waals surface area contributed by atoms with Gasteiger partial charge in [0.2, 0.25) is 0 Å². The molecule has 0 spiro atoms. The smallest absolute Gasteiger partial charge is 0.127 e. The maximum Gasteiger partial charge on any atom is 0.127 e. The predicted molar refractivity (Wildman–Crippen MR) is 101 cm³/mol. The lowest BCUT2D eigenvalue weighted by Gasteiger charge is -2.19. The van der Waals surface area contributed by atoms with Crippen LogP contribution in [0.2, 0.25) is 0 Å². The molecule has 2 rings (SSSR count). The Balaban J connectivity index is 1.91. The van der Waals surface area contributed by atoms with Gasteiger partial charge in [-0.3, -0.25) is 0 Å². The number of hydrogen-bond donors (Lipinski definition) is 1. The van der Waals surface area contributed by atoms with Gasteiger partial charge in [-0.1, -0.05) is 30.3 Å². The maximum absolute atomic E-state index is 5.85. The Morgan fingerprint density at radius 2 is 1.64 bits per heavy atom. The Morgan fingerprint density at radius 1 is 0.880 bits per heavy atom. The molecule has 4 nitrogen and oxygen atoms in total. The molecule has 0 unspecified atom stereocenters. The molecule has 0 radical (unpaired) electrons. The van der Waals surface area contributed by atoms with Gasteiger partial charge in [0.15, 0.2) is 0 Å². The molecule has 4 heteroatoms. The topological polar surface area (TPSA) is 39.7 Å². The Kier molecular flexibility index (Phi) is 6.85.